The minimum atomic E-state index is -0.240. The Labute approximate surface area is 109 Å². The number of nitrogens with two attached hydrogens (primary N) is 1. The van der Waals surface area contributed by atoms with Crippen molar-refractivity contribution in [3.63, 3.8) is 0 Å². The lowest BCUT2D eigenvalue weighted by molar-refractivity contribution is 0.00662. The normalized spacial score (nSPS) is 13.4. The fourth-order valence-corrected chi connectivity index (χ4v) is 1.89. The summed E-state index contributed by atoms with van der Waals surface area (Å²) < 4.78 is 11.1. The van der Waals surface area contributed by atoms with Crippen LogP contribution in [0.4, 0.5) is 0 Å². The van der Waals surface area contributed by atoms with Crippen molar-refractivity contribution in [2.75, 3.05) is 13.7 Å². The molecular formula is C14H24N2O2. The molecule has 0 aromatic heterocycles. The van der Waals surface area contributed by atoms with Crippen LogP contribution in [0.25, 0.3) is 0 Å². The molecule has 1 aromatic carbocycles. The Morgan fingerprint density at radius 3 is 2.56 bits per heavy atom. The monoisotopic (exact) mass is 252 g/mol. The zero-order valence-electron chi connectivity index (χ0n) is 11.7. The summed E-state index contributed by atoms with van der Waals surface area (Å²) in [7, 11) is 1.71. The highest BCUT2D eigenvalue weighted by Gasteiger charge is 2.25. The van der Waals surface area contributed by atoms with Crippen molar-refractivity contribution < 1.29 is 9.47 Å². The van der Waals surface area contributed by atoms with Crippen LogP contribution in [0.15, 0.2) is 24.3 Å². The number of benzene rings is 1. The van der Waals surface area contributed by atoms with Crippen LogP contribution in [-0.2, 0) is 4.74 Å². The number of hydrazine groups is 1. The van der Waals surface area contributed by atoms with Crippen LogP contribution in [0.3, 0.4) is 0 Å². The van der Waals surface area contributed by atoms with Crippen molar-refractivity contribution in [3.05, 3.63) is 29.8 Å². The van der Waals surface area contributed by atoms with E-state index in [1.54, 1.807) is 7.11 Å². The highest BCUT2D eigenvalue weighted by atomic mass is 16.5. The van der Waals surface area contributed by atoms with E-state index >= 15 is 0 Å². The maximum Gasteiger partial charge on any atom is 0.124 e. The lowest BCUT2D eigenvalue weighted by atomic mass is 9.93. The van der Waals surface area contributed by atoms with E-state index in [1.165, 1.54) is 0 Å². The van der Waals surface area contributed by atoms with Gasteiger partial charge in [0, 0.05) is 12.7 Å². The van der Waals surface area contributed by atoms with Gasteiger partial charge in [-0.1, -0.05) is 18.2 Å². The summed E-state index contributed by atoms with van der Waals surface area (Å²) in [5.41, 5.74) is 3.67. The number of nitrogens with one attached hydrogen (secondary N) is 1. The molecule has 0 fully saturated rings. The molecule has 0 aliphatic carbocycles. The predicted molar refractivity (Wildman–Crippen MR) is 73.4 cm³/mol. The van der Waals surface area contributed by atoms with Gasteiger partial charge in [0.2, 0.25) is 0 Å². The van der Waals surface area contributed by atoms with E-state index in [9.17, 15) is 0 Å². The largest absolute Gasteiger partial charge is 0.494 e. The van der Waals surface area contributed by atoms with Crippen LogP contribution < -0.4 is 16.0 Å². The number of rotatable bonds is 7. The molecular weight excluding hydrogens is 228 g/mol. The van der Waals surface area contributed by atoms with Gasteiger partial charge in [0.05, 0.1) is 18.2 Å². The van der Waals surface area contributed by atoms with E-state index in [0.717, 1.165) is 17.7 Å². The third-order valence-electron chi connectivity index (χ3n) is 3.04. The van der Waals surface area contributed by atoms with Gasteiger partial charge >= 0.3 is 0 Å². The standard InChI is InChI=1S/C14H24N2O2/c1-5-18-13-9-7-6-8-11(13)12(16-15)10-14(2,3)17-4/h6-9,12,16H,5,10,15H2,1-4H3. The van der Waals surface area contributed by atoms with Gasteiger partial charge in [0.15, 0.2) is 0 Å². The first kappa shape index (κ1) is 15.0. The smallest absolute Gasteiger partial charge is 0.124 e. The van der Waals surface area contributed by atoms with Crippen molar-refractivity contribution in [2.45, 2.75) is 38.8 Å². The number of hydrogen-bond donors (Lipinski definition) is 2. The summed E-state index contributed by atoms with van der Waals surface area (Å²) >= 11 is 0. The number of ether oxygens (including phenoxy) is 2. The summed E-state index contributed by atoms with van der Waals surface area (Å²) in [4.78, 5) is 0. The SMILES string of the molecule is CCOc1ccccc1C(CC(C)(C)OC)NN. The maximum absolute atomic E-state index is 5.67. The Morgan fingerprint density at radius 1 is 1.33 bits per heavy atom. The first-order chi connectivity index (χ1) is 8.54. The van der Waals surface area contributed by atoms with Gasteiger partial charge in [-0.2, -0.15) is 0 Å². The molecule has 0 aliphatic heterocycles. The van der Waals surface area contributed by atoms with Gasteiger partial charge < -0.3 is 9.47 Å². The molecule has 0 spiro atoms. The van der Waals surface area contributed by atoms with Crippen LogP contribution in [0.5, 0.6) is 5.75 Å². The van der Waals surface area contributed by atoms with E-state index in [1.807, 2.05) is 45.0 Å². The molecule has 4 nitrogen and oxygen atoms in total. The summed E-state index contributed by atoms with van der Waals surface area (Å²) in [5.74, 6) is 6.54. The molecule has 0 heterocycles. The Bertz CT molecular complexity index is 367. The van der Waals surface area contributed by atoms with Gasteiger partial charge in [0.25, 0.3) is 0 Å². The van der Waals surface area contributed by atoms with Crippen molar-refractivity contribution in [2.24, 2.45) is 5.84 Å². The topological polar surface area (TPSA) is 56.5 Å². The van der Waals surface area contributed by atoms with Gasteiger partial charge in [0.1, 0.15) is 5.75 Å². The molecule has 1 rings (SSSR count). The lowest BCUT2D eigenvalue weighted by Gasteiger charge is -2.29. The summed E-state index contributed by atoms with van der Waals surface area (Å²) in [6.45, 7) is 6.70. The second-order valence-corrected chi connectivity index (χ2v) is 4.86. The van der Waals surface area contributed by atoms with E-state index in [-0.39, 0.29) is 11.6 Å². The summed E-state index contributed by atoms with van der Waals surface area (Å²) in [5, 5.41) is 0. The first-order valence-electron chi connectivity index (χ1n) is 6.27. The van der Waals surface area contributed by atoms with E-state index in [0.29, 0.717) is 6.61 Å². The van der Waals surface area contributed by atoms with Crippen LogP contribution in [-0.4, -0.2) is 19.3 Å². The van der Waals surface area contributed by atoms with Gasteiger partial charge in [-0.15, -0.1) is 0 Å². The molecule has 0 aliphatic rings. The minimum Gasteiger partial charge on any atom is -0.494 e. The molecule has 18 heavy (non-hydrogen) atoms. The molecule has 3 N–H and O–H groups in total. The average molecular weight is 252 g/mol. The molecule has 1 atom stereocenters. The zero-order valence-corrected chi connectivity index (χ0v) is 11.7. The van der Waals surface area contributed by atoms with Crippen LogP contribution in [0.1, 0.15) is 38.8 Å². The highest BCUT2D eigenvalue weighted by molar-refractivity contribution is 5.36. The third-order valence-corrected chi connectivity index (χ3v) is 3.04. The molecule has 1 unspecified atom stereocenters. The molecule has 1 aromatic rings. The van der Waals surface area contributed by atoms with E-state index in [4.69, 9.17) is 15.3 Å². The lowest BCUT2D eigenvalue weighted by Crippen LogP contribution is -2.35. The van der Waals surface area contributed by atoms with E-state index in [2.05, 4.69) is 5.43 Å². The Kier molecular flexibility index (Phi) is 5.59. The molecule has 0 saturated carbocycles. The maximum atomic E-state index is 5.67. The number of methoxy groups -OCH3 is 1. The van der Waals surface area contributed by atoms with E-state index < -0.39 is 0 Å². The molecule has 0 saturated heterocycles. The third kappa shape index (κ3) is 3.98. The summed E-state index contributed by atoms with van der Waals surface area (Å²) in [6, 6.07) is 7.94. The second-order valence-electron chi connectivity index (χ2n) is 4.86. The Morgan fingerprint density at radius 2 is 2.00 bits per heavy atom. The van der Waals surface area contributed by atoms with Crippen LogP contribution in [0, 0.1) is 0 Å². The van der Waals surface area contributed by atoms with Crippen molar-refractivity contribution in [1.82, 2.24) is 5.43 Å². The number of hydrogen-bond acceptors (Lipinski definition) is 4. The fourth-order valence-electron chi connectivity index (χ4n) is 1.89. The first-order valence-corrected chi connectivity index (χ1v) is 6.27. The predicted octanol–water partition coefficient (Wildman–Crippen LogP) is 2.40. The van der Waals surface area contributed by atoms with Crippen LogP contribution >= 0.6 is 0 Å². The summed E-state index contributed by atoms with van der Waals surface area (Å²) in [6.07, 6.45) is 0.768. The minimum absolute atomic E-state index is 0.00250. The number of para-hydroxylation sites is 1. The quantitative estimate of drug-likeness (QED) is 0.578. The zero-order chi connectivity index (χ0) is 13.6. The van der Waals surface area contributed by atoms with Crippen molar-refractivity contribution in [1.29, 1.82) is 0 Å². The molecule has 102 valence electrons. The molecule has 4 heteroatoms. The van der Waals surface area contributed by atoms with Gasteiger partial charge in [-0.3, -0.25) is 11.3 Å². The molecule has 0 bridgehead atoms. The second kappa shape index (κ2) is 6.73. The Balaban J connectivity index is 2.94. The Hall–Kier alpha value is -1.10. The fraction of sp³-hybridized carbons (Fsp3) is 0.571. The molecule has 0 amide bonds. The van der Waals surface area contributed by atoms with Gasteiger partial charge in [-0.05, 0) is 33.3 Å². The van der Waals surface area contributed by atoms with Crippen LogP contribution in [0.2, 0.25) is 0 Å². The van der Waals surface area contributed by atoms with Crippen molar-refractivity contribution >= 4 is 0 Å². The highest BCUT2D eigenvalue weighted by Crippen LogP contribution is 2.31. The van der Waals surface area contributed by atoms with Crippen molar-refractivity contribution in [3.8, 4) is 5.75 Å². The molecule has 0 radical (unpaired) electrons. The average Bonchev–Trinajstić information content (AvgIpc) is 2.37. The van der Waals surface area contributed by atoms with Gasteiger partial charge in [-0.25, -0.2) is 0 Å².